The third-order valence-corrected chi connectivity index (χ3v) is 4.88. The van der Waals surface area contributed by atoms with E-state index in [1.54, 1.807) is 0 Å². The summed E-state index contributed by atoms with van der Waals surface area (Å²) in [5.41, 5.74) is -0.173. The molecule has 0 aromatic rings. The molecule has 0 radical (unpaired) electrons. The highest BCUT2D eigenvalue weighted by Gasteiger charge is 2.44. The minimum atomic E-state index is -0.627. The van der Waals surface area contributed by atoms with Crippen molar-refractivity contribution in [1.82, 2.24) is 4.90 Å². The second-order valence-electron chi connectivity index (χ2n) is 6.84. The monoisotopic (exact) mass is 239 g/mol. The summed E-state index contributed by atoms with van der Waals surface area (Å²) < 4.78 is 0. The molecule has 1 saturated carbocycles. The minimum Gasteiger partial charge on any atom is -0.481 e. The van der Waals surface area contributed by atoms with Crippen LogP contribution in [-0.4, -0.2) is 35.1 Å². The molecular formula is C14H25NO2. The van der Waals surface area contributed by atoms with Crippen molar-refractivity contribution < 1.29 is 9.90 Å². The van der Waals surface area contributed by atoms with Crippen molar-refractivity contribution in [1.29, 1.82) is 0 Å². The molecule has 0 aromatic carbocycles. The van der Waals surface area contributed by atoms with Gasteiger partial charge in [0.2, 0.25) is 0 Å². The normalized spacial score (nSPS) is 38.2. The van der Waals surface area contributed by atoms with Crippen molar-refractivity contribution in [3.05, 3.63) is 0 Å². The average Bonchev–Trinajstić information content (AvgIpc) is 2.58. The third kappa shape index (κ3) is 2.35. The van der Waals surface area contributed by atoms with Crippen LogP contribution in [0.25, 0.3) is 0 Å². The summed E-state index contributed by atoms with van der Waals surface area (Å²) in [5.74, 6) is -0.627. The predicted molar refractivity (Wildman–Crippen MR) is 68.0 cm³/mol. The fourth-order valence-electron chi connectivity index (χ4n) is 3.70. The van der Waals surface area contributed by atoms with Crippen LogP contribution >= 0.6 is 0 Å². The molecule has 2 unspecified atom stereocenters. The number of rotatable bonds is 2. The molecule has 1 heterocycles. The molecule has 0 amide bonds. The first-order chi connectivity index (χ1) is 7.85. The van der Waals surface area contributed by atoms with Gasteiger partial charge >= 0.3 is 5.97 Å². The zero-order chi connectivity index (χ0) is 12.7. The lowest BCUT2D eigenvalue weighted by molar-refractivity contribution is -0.152. The number of carboxylic acid groups (broad SMARTS) is 1. The Balaban J connectivity index is 2.10. The molecule has 2 rings (SSSR count). The Morgan fingerprint density at radius 1 is 1.24 bits per heavy atom. The van der Waals surface area contributed by atoms with Crippen LogP contribution in [0.2, 0.25) is 0 Å². The van der Waals surface area contributed by atoms with Crippen LogP contribution < -0.4 is 0 Å². The standard InChI is InChI=1S/C14H25NO2/c1-13(2)7-4-6-11(13)15-9-5-8-14(3,10-15)12(16)17/h11H,4-10H2,1-3H3,(H,16,17). The molecular weight excluding hydrogens is 214 g/mol. The molecule has 3 nitrogen and oxygen atoms in total. The Morgan fingerprint density at radius 2 is 1.94 bits per heavy atom. The smallest absolute Gasteiger partial charge is 0.310 e. The van der Waals surface area contributed by atoms with E-state index in [1.165, 1.54) is 19.3 Å². The van der Waals surface area contributed by atoms with Crippen LogP contribution in [0.3, 0.4) is 0 Å². The summed E-state index contributed by atoms with van der Waals surface area (Å²) in [7, 11) is 0. The van der Waals surface area contributed by atoms with Crippen LogP contribution in [-0.2, 0) is 4.79 Å². The summed E-state index contributed by atoms with van der Waals surface area (Å²) in [6.45, 7) is 8.38. The Bertz CT molecular complexity index is 313. The van der Waals surface area contributed by atoms with Gasteiger partial charge in [-0.25, -0.2) is 0 Å². The molecule has 1 aliphatic heterocycles. The molecule has 0 bridgehead atoms. The zero-order valence-corrected chi connectivity index (χ0v) is 11.3. The largest absolute Gasteiger partial charge is 0.481 e. The Morgan fingerprint density at radius 3 is 2.47 bits per heavy atom. The van der Waals surface area contributed by atoms with Gasteiger partial charge in [-0.2, -0.15) is 0 Å². The van der Waals surface area contributed by atoms with Crippen molar-refractivity contribution in [2.75, 3.05) is 13.1 Å². The number of nitrogens with zero attached hydrogens (tertiary/aromatic N) is 1. The molecule has 98 valence electrons. The van der Waals surface area contributed by atoms with Gasteiger partial charge in [0, 0.05) is 12.6 Å². The maximum Gasteiger partial charge on any atom is 0.310 e. The molecule has 2 atom stereocenters. The number of likely N-dealkylation sites (tertiary alicyclic amines) is 1. The van der Waals surface area contributed by atoms with Crippen molar-refractivity contribution in [2.45, 2.75) is 58.9 Å². The summed E-state index contributed by atoms with van der Waals surface area (Å²) >= 11 is 0. The quantitative estimate of drug-likeness (QED) is 0.805. The van der Waals surface area contributed by atoms with E-state index in [-0.39, 0.29) is 0 Å². The Labute approximate surface area is 104 Å². The SMILES string of the molecule is CC1(C(=O)O)CCCN(C2CCCC2(C)C)C1. The van der Waals surface area contributed by atoms with Gasteiger partial charge in [-0.1, -0.05) is 20.3 Å². The lowest BCUT2D eigenvalue weighted by Crippen LogP contribution is -2.52. The van der Waals surface area contributed by atoms with Gasteiger partial charge in [-0.3, -0.25) is 9.69 Å². The van der Waals surface area contributed by atoms with Gasteiger partial charge in [0.1, 0.15) is 0 Å². The lowest BCUT2D eigenvalue weighted by atomic mass is 9.79. The van der Waals surface area contributed by atoms with Crippen LogP contribution in [0.1, 0.15) is 52.9 Å². The first-order valence-corrected chi connectivity index (χ1v) is 6.83. The van der Waals surface area contributed by atoms with Gasteiger partial charge in [0.05, 0.1) is 5.41 Å². The second-order valence-corrected chi connectivity index (χ2v) is 6.84. The molecule has 3 heteroatoms. The van der Waals surface area contributed by atoms with E-state index < -0.39 is 11.4 Å². The molecule has 2 aliphatic rings. The number of carboxylic acids is 1. The predicted octanol–water partition coefficient (Wildman–Crippen LogP) is 2.75. The van der Waals surface area contributed by atoms with Gasteiger partial charge in [0.25, 0.3) is 0 Å². The van der Waals surface area contributed by atoms with Crippen LogP contribution in [0.5, 0.6) is 0 Å². The van der Waals surface area contributed by atoms with Crippen molar-refractivity contribution in [3.8, 4) is 0 Å². The van der Waals surface area contributed by atoms with Crippen molar-refractivity contribution >= 4 is 5.97 Å². The molecule has 2 fully saturated rings. The molecule has 17 heavy (non-hydrogen) atoms. The van der Waals surface area contributed by atoms with Crippen molar-refractivity contribution in [3.63, 3.8) is 0 Å². The Kier molecular flexibility index (Phi) is 3.23. The van der Waals surface area contributed by atoms with Crippen LogP contribution in [0.15, 0.2) is 0 Å². The fraction of sp³-hybridized carbons (Fsp3) is 0.929. The lowest BCUT2D eigenvalue weighted by Gasteiger charge is -2.44. The summed E-state index contributed by atoms with van der Waals surface area (Å²) in [4.78, 5) is 13.8. The number of aliphatic carboxylic acids is 1. The topological polar surface area (TPSA) is 40.5 Å². The van der Waals surface area contributed by atoms with E-state index >= 15 is 0 Å². The summed E-state index contributed by atoms with van der Waals surface area (Å²) in [5, 5.41) is 9.36. The first kappa shape index (κ1) is 12.9. The number of carbonyl (C=O) groups is 1. The van der Waals surface area contributed by atoms with Gasteiger partial charge in [-0.15, -0.1) is 0 Å². The van der Waals surface area contributed by atoms with E-state index in [0.29, 0.717) is 11.5 Å². The minimum absolute atomic E-state index is 0.358. The highest BCUT2D eigenvalue weighted by Crippen LogP contribution is 2.43. The molecule has 0 spiro atoms. The molecule has 0 aromatic heterocycles. The van der Waals surface area contributed by atoms with E-state index in [1.807, 2.05) is 6.92 Å². The summed E-state index contributed by atoms with van der Waals surface area (Å²) in [6, 6.07) is 0.585. The highest BCUT2D eigenvalue weighted by atomic mass is 16.4. The Hall–Kier alpha value is -0.570. The van der Waals surface area contributed by atoms with Crippen LogP contribution in [0, 0.1) is 10.8 Å². The molecule has 1 saturated heterocycles. The van der Waals surface area contributed by atoms with E-state index in [0.717, 1.165) is 25.9 Å². The maximum atomic E-state index is 11.4. The van der Waals surface area contributed by atoms with E-state index in [2.05, 4.69) is 18.7 Å². The van der Waals surface area contributed by atoms with Gasteiger partial charge in [-0.05, 0) is 44.6 Å². The van der Waals surface area contributed by atoms with E-state index in [9.17, 15) is 9.90 Å². The van der Waals surface area contributed by atoms with Gasteiger partial charge in [0.15, 0.2) is 0 Å². The second kappa shape index (κ2) is 4.27. The zero-order valence-electron chi connectivity index (χ0n) is 11.3. The first-order valence-electron chi connectivity index (χ1n) is 6.83. The third-order valence-electron chi connectivity index (χ3n) is 4.88. The number of hydrogen-bond acceptors (Lipinski definition) is 2. The number of piperidine rings is 1. The number of hydrogen-bond donors (Lipinski definition) is 1. The van der Waals surface area contributed by atoms with E-state index in [4.69, 9.17) is 0 Å². The molecule has 1 N–H and O–H groups in total. The maximum absolute atomic E-state index is 11.4. The fourth-order valence-corrected chi connectivity index (χ4v) is 3.70. The molecule has 1 aliphatic carbocycles. The van der Waals surface area contributed by atoms with Gasteiger partial charge < -0.3 is 5.11 Å². The highest BCUT2D eigenvalue weighted by molar-refractivity contribution is 5.74. The van der Waals surface area contributed by atoms with Crippen LogP contribution in [0.4, 0.5) is 0 Å². The van der Waals surface area contributed by atoms with Crippen molar-refractivity contribution in [2.24, 2.45) is 10.8 Å². The average molecular weight is 239 g/mol. The summed E-state index contributed by atoms with van der Waals surface area (Å²) in [6.07, 6.45) is 5.65.